The number of aryl methyl sites for hydroxylation is 1. The van der Waals surface area contributed by atoms with Crippen LogP contribution in [0.2, 0.25) is 0 Å². The maximum Gasteiger partial charge on any atom is 0.273 e. The lowest BCUT2D eigenvalue weighted by Crippen LogP contribution is -2.43. The number of carbonyl (C=O) groups is 2. The fourth-order valence-electron chi connectivity index (χ4n) is 4.89. The van der Waals surface area contributed by atoms with E-state index in [0.29, 0.717) is 35.9 Å². The molecule has 30 heavy (non-hydrogen) atoms. The maximum absolute atomic E-state index is 12.5. The van der Waals surface area contributed by atoms with Gasteiger partial charge in [0.1, 0.15) is 0 Å². The SMILES string of the molecule is Cc1nc(N2CC3C(C2=O)[C@@H]3C)ncc1C(C)n1cc(C(=O)NC2CC(C)C2)nn1. The molecule has 4 atom stereocenters. The number of anilines is 1. The second kappa shape index (κ2) is 6.85. The molecule has 2 aromatic heterocycles. The van der Waals surface area contributed by atoms with Gasteiger partial charge in [0.05, 0.1) is 12.2 Å². The molecule has 2 aliphatic carbocycles. The van der Waals surface area contributed by atoms with Crippen LogP contribution in [0.4, 0.5) is 5.95 Å². The van der Waals surface area contributed by atoms with Crippen LogP contribution < -0.4 is 10.2 Å². The molecule has 3 aliphatic rings. The minimum atomic E-state index is -0.186. The van der Waals surface area contributed by atoms with Crippen molar-refractivity contribution >= 4 is 17.8 Å². The predicted octanol–water partition coefficient (Wildman–Crippen LogP) is 1.74. The minimum absolute atomic E-state index is 0.139. The first-order valence-electron chi connectivity index (χ1n) is 10.7. The number of hydrogen-bond donors (Lipinski definition) is 1. The van der Waals surface area contributed by atoms with Crippen LogP contribution in [0, 0.1) is 30.6 Å². The lowest BCUT2D eigenvalue weighted by Gasteiger charge is -2.32. The van der Waals surface area contributed by atoms with E-state index < -0.39 is 0 Å². The molecular formula is C21H27N7O2. The van der Waals surface area contributed by atoms with Crippen molar-refractivity contribution in [2.24, 2.45) is 23.7 Å². The molecule has 1 saturated heterocycles. The molecule has 0 aromatic carbocycles. The Morgan fingerprint density at radius 3 is 2.70 bits per heavy atom. The average Bonchev–Trinajstić information content (AvgIpc) is 3.04. The van der Waals surface area contributed by atoms with Gasteiger partial charge in [0.2, 0.25) is 11.9 Å². The van der Waals surface area contributed by atoms with Gasteiger partial charge in [-0.2, -0.15) is 0 Å². The summed E-state index contributed by atoms with van der Waals surface area (Å²) in [7, 11) is 0. The second-order valence-corrected chi connectivity index (χ2v) is 9.22. The van der Waals surface area contributed by atoms with Crippen molar-refractivity contribution in [2.75, 3.05) is 11.4 Å². The fourth-order valence-corrected chi connectivity index (χ4v) is 4.89. The summed E-state index contributed by atoms with van der Waals surface area (Å²) in [6, 6.07) is 0.0557. The smallest absolute Gasteiger partial charge is 0.273 e. The molecule has 3 heterocycles. The topological polar surface area (TPSA) is 106 Å². The van der Waals surface area contributed by atoms with Gasteiger partial charge in [-0.05, 0) is 44.4 Å². The second-order valence-electron chi connectivity index (χ2n) is 9.22. The van der Waals surface area contributed by atoms with E-state index >= 15 is 0 Å². The van der Waals surface area contributed by atoms with E-state index in [9.17, 15) is 9.59 Å². The van der Waals surface area contributed by atoms with Crippen molar-refractivity contribution in [2.45, 2.75) is 52.6 Å². The molecule has 0 spiro atoms. The molecule has 9 nitrogen and oxygen atoms in total. The lowest BCUT2D eigenvalue weighted by molar-refractivity contribution is -0.119. The number of hydrogen-bond acceptors (Lipinski definition) is 6. The molecule has 1 N–H and O–H groups in total. The van der Waals surface area contributed by atoms with Crippen LogP contribution in [0.15, 0.2) is 12.4 Å². The third-order valence-corrected chi connectivity index (χ3v) is 7.05. The summed E-state index contributed by atoms with van der Waals surface area (Å²) in [6.07, 6.45) is 5.44. The monoisotopic (exact) mass is 409 g/mol. The highest BCUT2D eigenvalue weighted by Crippen LogP contribution is 2.52. The molecule has 2 aromatic rings. The molecule has 0 bridgehead atoms. The van der Waals surface area contributed by atoms with E-state index in [1.165, 1.54) is 0 Å². The molecule has 0 radical (unpaired) electrons. The highest BCUT2D eigenvalue weighted by atomic mass is 16.2. The van der Waals surface area contributed by atoms with Gasteiger partial charge in [0.25, 0.3) is 5.91 Å². The van der Waals surface area contributed by atoms with E-state index in [-0.39, 0.29) is 29.8 Å². The highest BCUT2D eigenvalue weighted by Gasteiger charge is 2.59. The third kappa shape index (κ3) is 3.07. The Morgan fingerprint density at radius 1 is 1.30 bits per heavy atom. The number of rotatable bonds is 5. The molecule has 158 valence electrons. The zero-order valence-corrected chi connectivity index (χ0v) is 17.7. The van der Waals surface area contributed by atoms with Crippen LogP contribution in [-0.2, 0) is 4.79 Å². The first-order chi connectivity index (χ1) is 14.3. The normalized spacial score (nSPS) is 30.6. The minimum Gasteiger partial charge on any atom is -0.348 e. The summed E-state index contributed by atoms with van der Waals surface area (Å²) in [5.74, 6) is 2.18. The van der Waals surface area contributed by atoms with Crippen molar-refractivity contribution in [3.05, 3.63) is 29.3 Å². The van der Waals surface area contributed by atoms with Crippen molar-refractivity contribution in [1.82, 2.24) is 30.3 Å². The first kappa shape index (κ1) is 19.1. The fraction of sp³-hybridized carbons (Fsp3) is 0.619. The van der Waals surface area contributed by atoms with E-state index in [1.807, 2.05) is 13.8 Å². The Bertz CT molecular complexity index is 1010. The number of piperidine rings is 1. The van der Waals surface area contributed by atoms with Crippen LogP contribution in [0.1, 0.15) is 61.4 Å². The van der Waals surface area contributed by atoms with Gasteiger partial charge in [-0.3, -0.25) is 14.5 Å². The molecule has 5 rings (SSSR count). The van der Waals surface area contributed by atoms with E-state index in [4.69, 9.17) is 0 Å². The Balaban J connectivity index is 1.28. The number of aromatic nitrogens is 5. The van der Waals surface area contributed by atoms with Crippen LogP contribution in [0.25, 0.3) is 0 Å². The van der Waals surface area contributed by atoms with Gasteiger partial charge in [-0.15, -0.1) is 5.10 Å². The largest absolute Gasteiger partial charge is 0.348 e. The predicted molar refractivity (Wildman–Crippen MR) is 109 cm³/mol. The molecule has 3 unspecified atom stereocenters. The Labute approximate surface area is 175 Å². The van der Waals surface area contributed by atoms with Crippen molar-refractivity contribution < 1.29 is 9.59 Å². The highest BCUT2D eigenvalue weighted by molar-refractivity contribution is 5.98. The molecule has 1 aliphatic heterocycles. The summed E-state index contributed by atoms with van der Waals surface area (Å²) in [6.45, 7) is 8.89. The van der Waals surface area contributed by atoms with Gasteiger partial charge in [-0.1, -0.05) is 19.1 Å². The van der Waals surface area contributed by atoms with Gasteiger partial charge >= 0.3 is 0 Å². The molecule has 3 fully saturated rings. The zero-order valence-electron chi connectivity index (χ0n) is 17.7. The van der Waals surface area contributed by atoms with Crippen molar-refractivity contribution in [1.29, 1.82) is 0 Å². The van der Waals surface area contributed by atoms with Gasteiger partial charge in [0, 0.05) is 36.0 Å². The third-order valence-electron chi connectivity index (χ3n) is 7.05. The summed E-state index contributed by atoms with van der Waals surface area (Å²) in [4.78, 5) is 35.6. The molecule has 2 saturated carbocycles. The molecule has 9 heteroatoms. The first-order valence-corrected chi connectivity index (χ1v) is 10.7. The number of amides is 2. The van der Waals surface area contributed by atoms with E-state index in [1.54, 1.807) is 22.0 Å². The van der Waals surface area contributed by atoms with Crippen LogP contribution in [0.5, 0.6) is 0 Å². The summed E-state index contributed by atoms with van der Waals surface area (Å²) in [5, 5.41) is 11.2. The van der Waals surface area contributed by atoms with E-state index in [0.717, 1.165) is 24.1 Å². The maximum atomic E-state index is 12.5. The summed E-state index contributed by atoms with van der Waals surface area (Å²) in [5.41, 5.74) is 1.99. The van der Waals surface area contributed by atoms with Crippen molar-refractivity contribution in [3.63, 3.8) is 0 Å². The number of nitrogens with one attached hydrogen (secondary N) is 1. The van der Waals surface area contributed by atoms with Crippen molar-refractivity contribution in [3.8, 4) is 0 Å². The van der Waals surface area contributed by atoms with E-state index in [2.05, 4.69) is 39.4 Å². The quantitative estimate of drug-likeness (QED) is 0.806. The standard InChI is InChI=1S/C21H27N7O2/c1-10-5-14(6-10)24-19(29)17-9-28(26-25-17)13(4)15-7-22-21(23-12(15)3)27-8-16-11(2)18(16)20(27)30/h7,9-11,13-14,16,18H,5-6,8H2,1-4H3,(H,24,29)/t10?,11-,13?,14?,16?,18?/m1/s1. The Hall–Kier alpha value is -2.84. The van der Waals surface area contributed by atoms with Gasteiger partial charge < -0.3 is 5.32 Å². The Morgan fingerprint density at radius 2 is 2.07 bits per heavy atom. The molecule has 2 amide bonds. The zero-order chi connectivity index (χ0) is 21.2. The lowest BCUT2D eigenvalue weighted by atomic mass is 9.82. The Kier molecular flexibility index (Phi) is 4.37. The average molecular weight is 409 g/mol. The van der Waals surface area contributed by atoms with Crippen LogP contribution >= 0.6 is 0 Å². The number of carbonyl (C=O) groups excluding carboxylic acids is 2. The van der Waals surface area contributed by atoms with Gasteiger partial charge in [-0.25, -0.2) is 14.6 Å². The number of nitrogens with zero attached hydrogens (tertiary/aromatic N) is 6. The molecular weight excluding hydrogens is 382 g/mol. The number of fused-ring (bicyclic) bond motifs is 1. The van der Waals surface area contributed by atoms with Crippen LogP contribution in [0.3, 0.4) is 0 Å². The van der Waals surface area contributed by atoms with Crippen LogP contribution in [-0.4, -0.2) is 49.4 Å². The van der Waals surface area contributed by atoms with Gasteiger partial charge in [0.15, 0.2) is 5.69 Å². The summed E-state index contributed by atoms with van der Waals surface area (Å²) < 4.78 is 1.65. The summed E-state index contributed by atoms with van der Waals surface area (Å²) >= 11 is 0.